The van der Waals surface area contributed by atoms with Crippen molar-refractivity contribution in [2.45, 2.75) is 0 Å². The first-order chi connectivity index (χ1) is 27.7. The summed E-state index contributed by atoms with van der Waals surface area (Å²) >= 11 is 1.85. The van der Waals surface area contributed by atoms with Gasteiger partial charge < -0.3 is 4.42 Å². The lowest BCUT2D eigenvalue weighted by molar-refractivity contribution is 0.669. The van der Waals surface area contributed by atoms with E-state index in [2.05, 4.69) is 152 Å². The van der Waals surface area contributed by atoms with Crippen LogP contribution in [0.25, 0.3) is 110 Å². The monoisotopic (exact) mass is 733 g/mol. The van der Waals surface area contributed by atoms with Gasteiger partial charge in [0, 0.05) is 47.6 Å². The molecule has 5 heteroatoms. The third-order valence-corrected chi connectivity index (χ3v) is 11.7. The maximum Gasteiger partial charge on any atom is 0.164 e. The summed E-state index contributed by atoms with van der Waals surface area (Å²) in [6, 6.07) is 65.7. The minimum absolute atomic E-state index is 0.589. The molecule has 0 unspecified atom stereocenters. The van der Waals surface area contributed by atoms with E-state index in [9.17, 15) is 0 Å². The third-order valence-electron chi connectivity index (χ3n) is 10.5. The fraction of sp³-hybridized carbons (Fsp3) is 0. The summed E-state index contributed by atoms with van der Waals surface area (Å²) in [5.74, 6) is 1.83. The molecule has 3 aromatic heterocycles. The first-order valence-corrected chi connectivity index (χ1v) is 19.5. The second-order valence-corrected chi connectivity index (χ2v) is 15.1. The lowest BCUT2D eigenvalue weighted by Crippen LogP contribution is -2.00. The average molecular weight is 734 g/mol. The largest absolute Gasteiger partial charge is 0.456 e. The molecule has 0 N–H and O–H groups in total. The summed E-state index contributed by atoms with van der Waals surface area (Å²) in [5, 5.41) is 4.73. The van der Waals surface area contributed by atoms with E-state index >= 15 is 0 Å². The summed E-state index contributed by atoms with van der Waals surface area (Å²) in [5.41, 5.74) is 11.4. The Morgan fingerprint density at radius 1 is 0.321 bits per heavy atom. The topological polar surface area (TPSA) is 51.8 Å². The molecule has 0 aliphatic heterocycles. The van der Waals surface area contributed by atoms with E-state index in [4.69, 9.17) is 19.4 Å². The highest BCUT2D eigenvalue weighted by Crippen LogP contribution is 2.45. The molecule has 3 heterocycles. The summed E-state index contributed by atoms with van der Waals surface area (Å²) < 4.78 is 9.20. The Bertz CT molecular complexity index is 3230. The van der Waals surface area contributed by atoms with Gasteiger partial charge in [-0.25, -0.2) is 15.0 Å². The minimum atomic E-state index is 0.589. The second kappa shape index (κ2) is 13.3. The highest BCUT2D eigenvalue weighted by atomic mass is 32.1. The van der Waals surface area contributed by atoms with Crippen molar-refractivity contribution < 1.29 is 4.42 Å². The highest BCUT2D eigenvalue weighted by molar-refractivity contribution is 7.26. The zero-order valence-electron chi connectivity index (χ0n) is 30.1. The van der Waals surface area contributed by atoms with Crippen LogP contribution in [0.15, 0.2) is 192 Å². The van der Waals surface area contributed by atoms with E-state index in [1.54, 1.807) is 0 Å². The Morgan fingerprint density at radius 3 is 1.62 bits per heavy atom. The molecule has 0 amide bonds. The smallest absolute Gasteiger partial charge is 0.164 e. The molecule has 0 spiro atoms. The quantitative estimate of drug-likeness (QED) is 0.171. The number of fused-ring (bicyclic) bond motifs is 6. The number of hydrogen-bond donors (Lipinski definition) is 0. The van der Waals surface area contributed by atoms with Gasteiger partial charge in [-0.3, -0.25) is 0 Å². The van der Waals surface area contributed by atoms with Crippen molar-refractivity contribution in [3.63, 3.8) is 0 Å². The molecule has 0 saturated carbocycles. The lowest BCUT2D eigenvalue weighted by Gasteiger charge is -2.11. The van der Waals surface area contributed by atoms with Crippen LogP contribution >= 0.6 is 11.3 Å². The summed E-state index contributed by atoms with van der Waals surface area (Å²) in [7, 11) is 0. The molecule has 262 valence electrons. The van der Waals surface area contributed by atoms with Crippen molar-refractivity contribution in [3.05, 3.63) is 188 Å². The van der Waals surface area contributed by atoms with Crippen LogP contribution in [0.3, 0.4) is 0 Å². The van der Waals surface area contributed by atoms with Crippen LogP contribution < -0.4 is 0 Å². The normalized spacial score (nSPS) is 11.6. The zero-order valence-corrected chi connectivity index (χ0v) is 30.9. The Hall–Kier alpha value is -7.21. The van der Waals surface area contributed by atoms with Gasteiger partial charge in [0.05, 0.1) is 0 Å². The van der Waals surface area contributed by atoms with Gasteiger partial charge in [-0.15, -0.1) is 11.3 Å². The molecule has 8 aromatic carbocycles. The number of nitrogens with zero attached hydrogens (tertiary/aromatic N) is 3. The average Bonchev–Trinajstić information content (AvgIpc) is 3.85. The number of aromatic nitrogens is 3. The van der Waals surface area contributed by atoms with Crippen LogP contribution in [0.2, 0.25) is 0 Å². The van der Waals surface area contributed by atoms with Crippen molar-refractivity contribution in [2.75, 3.05) is 0 Å². The molecule has 0 saturated heterocycles. The molecule has 0 bridgehead atoms. The van der Waals surface area contributed by atoms with Crippen LogP contribution in [-0.2, 0) is 0 Å². The summed E-state index contributed by atoms with van der Waals surface area (Å²) in [6.45, 7) is 0. The standard InChI is InChI=1S/C51H31N3OS/c1-4-13-32(14-5-1)33-23-25-36(26-24-33)50-52-49(35-17-8-3-9-18-35)53-51(54-50)37-27-28-40-44(30-37)55-43-21-12-20-39(47(40)43)38-29-42(34-15-6-2-7-16-34)48-41-19-10-11-22-45(41)56-46(48)31-38/h1-31H. The molecule has 11 aromatic rings. The molecule has 0 fully saturated rings. The molecule has 0 aliphatic rings. The first kappa shape index (κ1) is 32.2. The van der Waals surface area contributed by atoms with Gasteiger partial charge in [-0.2, -0.15) is 0 Å². The Balaban J connectivity index is 1.05. The molecule has 0 radical (unpaired) electrons. The molecular formula is C51H31N3OS. The first-order valence-electron chi connectivity index (χ1n) is 18.7. The van der Waals surface area contributed by atoms with Crippen molar-refractivity contribution >= 4 is 53.4 Å². The lowest BCUT2D eigenvalue weighted by atomic mass is 9.93. The van der Waals surface area contributed by atoms with Gasteiger partial charge in [0.2, 0.25) is 0 Å². The molecular weight excluding hydrogens is 703 g/mol. The fourth-order valence-electron chi connectivity index (χ4n) is 7.85. The minimum Gasteiger partial charge on any atom is -0.456 e. The molecule has 4 nitrogen and oxygen atoms in total. The van der Waals surface area contributed by atoms with Crippen molar-refractivity contribution in [1.82, 2.24) is 15.0 Å². The second-order valence-electron chi connectivity index (χ2n) is 14.0. The number of rotatable bonds is 6. The van der Waals surface area contributed by atoms with E-state index in [0.29, 0.717) is 17.5 Å². The van der Waals surface area contributed by atoms with E-state index in [-0.39, 0.29) is 0 Å². The third kappa shape index (κ3) is 5.56. The SMILES string of the molecule is c1ccc(-c2ccc(-c3nc(-c4ccccc4)nc(-c4ccc5c(c4)oc4cccc(-c6cc(-c7ccccc7)c7c(c6)sc6ccccc67)c45)n3)cc2)cc1. The van der Waals surface area contributed by atoms with Crippen LogP contribution in [0.1, 0.15) is 0 Å². The Morgan fingerprint density at radius 2 is 0.893 bits per heavy atom. The van der Waals surface area contributed by atoms with Gasteiger partial charge in [-0.05, 0) is 69.8 Å². The van der Waals surface area contributed by atoms with E-state index in [1.165, 1.54) is 36.9 Å². The van der Waals surface area contributed by atoms with Gasteiger partial charge in [0.1, 0.15) is 11.2 Å². The maximum absolute atomic E-state index is 6.64. The fourth-order valence-corrected chi connectivity index (χ4v) is 9.02. The van der Waals surface area contributed by atoms with Crippen molar-refractivity contribution in [3.8, 4) is 67.5 Å². The number of thiophene rings is 1. The molecule has 0 aliphatic carbocycles. The predicted molar refractivity (Wildman–Crippen MR) is 233 cm³/mol. The zero-order chi connectivity index (χ0) is 37.0. The van der Waals surface area contributed by atoms with E-state index in [1.807, 2.05) is 47.7 Å². The number of benzene rings is 8. The molecule has 0 atom stereocenters. The van der Waals surface area contributed by atoms with Gasteiger partial charge in [0.25, 0.3) is 0 Å². The number of hydrogen-bond acceptors (Lipinski definition) is 5. The van der Waals surface area contributed by atoms with E-state index in [0.717, 1.165) is 55.3 Å². The van der Waals surface area contributed by atoms with E-state index < -0.39 is 0 Å². The van der Waals surface area contributed by atoms with Crippen LogP contribution in [0, 0.1) is 0 Å². The van der Waals surface area contributed by atoms with Crippen LogP contribution in [0.4, 0.5) is 0 Å². The van der Waals surface area contributed by atoms with Crippen molar-refractivity contribution in [2.24, 2.45) is 0 Å². The summed E-state index contributed by atoms with van der Waals surface area (Å²) in [4.78, 5) is 15.0. The Labute approximate surface area is 327 Å². The van der Waals surface area contributed by atoms with Gasteiger partial charge in [-0.1, -0.05) is 152 Å². The van der Waals surface area contributed by atoms with Gasteiger partial charge in [0.15, 0.2) is 17.5 Å². The van der Waals surface area contributed by atoms with Crippen LogP contribution in [0.5, 0.6) is 0 Å². The predicted octanol–water partition coefficient (Wildman–Crippen LogP) is 14.1. The van der Waals surface area contributed by atoms with Gasteiger partial charge >= 0.3 is 0 Å². The van der Waals surface area contributed by atoms with Crippen LogP contribution in [-0.4, -0.2) is 15.0 Å². The summed E-state index contributed by atoms with van der Waals surface area (Å²) in [6.07, 6.45) is 0. The highest BCUT2D eigenvalue weighted by Gasteiger charge is 2.19. The maximum atomic E-state index is 6.64. The van der Waals surface area contributed by atoms with Crippen molar-refractivity contribution in [1.29, 1.82) is 0 Å². The molecule has 11 rings (SSSR count). The molecule has 56 heavy (non-hydrogen) atoms. The number of furan rings is 1. The Kier molecular flexibility index (Phi) is 7.64.